The minimum Gasteiger partial charge on any atom is -0.330 e. The normalized spacial score (nSPS) is 19.0. The van der Waals surface area contributed by atoms with Gasteiger partial charge in [-0.15, -0.1) is 0 Å². The van der Waals surface area contributed by atoms with Crippen molar-refractivity contribution in [2.24, 2.45) is 11.7 Å². The highest BCUT2D eigenvalue weighted by Gasteiger charge is 2.16. The lowest BCUT2D eigenvalue weighted by molar-refractivity contribution is 0.602. The second-order valence-electron chi connectivity index (χ2n) is 4.56. The Morgan fingerprint density at radius 2 is 2.00 bits per heavy atom. The molecule has 1 unspecified atom stereocenters. The first-order valence-corrected chi connectivity index (χ1v) is 6.90. The monoisotopic (exact) mass is 273 g/mol. The molecule has 0 aromatic carbocycles. The molecule has 1 rings (SSSR count). The summed E-state index contributed by atoms with van der Waals surface area (Å²) in [5.74, 6) is 0.403. The van der Waals surface area contributed by atoms with E-state index in [1.807, 2.05) is 6.08 Å². The summed E-state index contributed by atoms with van der Waals surface area (Å²) in [6, 6.07) is 0. The second kappa shape index (κ2) is 7.25. The van der Waals surface area contributed by atoms with E-state index in [1.165, 1.54) is 24.8 Å². The van der Waals surface area contributed by atoms with Gasteiger partial charge in [-0.3, -0.25) is 0 Å². The van der Waals surface area contributed by atoms with Gasteiger partial charge >= 0.3 is 0 Å². The predicted octanol–water partition coefficient (Wildman–Crippen LogP) is 4.72. The lowest BCUT2D eigenvalue weighted by Gasteiger charge is -2.24. The third kappa shape index (κ3) is 4.50. The number of rotatable bonds is 5. The molecular formula is C14H21Cl2N. The molecule has 1 nitrogen and oxygen atoms in total. The summed E-state index contributed by atoms with van der Waals surface area (Å²) < 4.78 is 0. The minimum absolute atomic E-state index is 0.403. The molecule has 1 aliphatic carbocycles. The lowest BCUT2D eigenvalue weighted by Crippen LogP contribution is -2.12. The Balaban J connectivity index is 2.76. The van der Waals surface area contributed by atoms with E-state index in [1.54, 1.807) is 12.5 Å². The molecule has 1 aliphatic rings. The van der Waals surface area contributed by atoms with Gasteiger partial charge in [-0.05, 0) is 58.1 Å². The molecule has 0 radical (unpaired) electrons. The van der Waals surface area contributed by atoms with E-state index in [2.05, 4.69) is 13.0 Å². The molecule has 17 heavy (non-hydrogen) atoms. The number of hydrogen-bond acceptors (Lipinski definition) is 1. The third-order valence-electron chi connectivity index (χ3n) is 3.35. The topological polar surface area (TPSA) is 26.0 Å². The van der Waals surface area contributed by atoms with Crippen LogP contribution in [0.5, 0.6) is 0 Å². The summed E-state index contributed by atoms with van der Waals surface area (Å²) in [7, 11) is 0. The SMILES string of the molecule is CC(=C1CCC1)C(/C=C/C(Cl)=C(\C)Cl)CCN. The van der Waals surface area contributed by atoms with Crippen LogP contribution in [-0.4, -0.2) is 6.54 Å². The Hall–Kier alpha value is -0.240. The van der Waals surface area contributed by atoms with Crippen LogP contribution in [-0.2, 0) is 0 Å². The lowest BCUT2D eigenvalue weighted by atomic mass is 9.82. The van der Waals surface area contributed by atoms with Crippen molar-refractivity contribution < 1.29 is 0 Å². The Labute approximate surface area is 114 Å². The van der Waals surface area contributed by atoms with E-state index < -0.39 is 0 Å². The van der Waals surface area contributed by atoms with Gasteiger partial charge in [-0.2, -0.15) is 0 Å². The van der Waals surface area contributed by atoms with Gasteiger partial charge in [0, 0.05) is 5.03 Å². The zero-order valence-electron chi connectivity index (χ0n) is 10.6. The standard InChI is InChI=1S/C14H21Cl2N/c1-10(12-4-3-5-12)13(8-9-17)6-7-14(16)11(2)15/h6-7,13H,3-5,8-9,17H2,1-2H3/b7-6+,14-11-. The molecule has 0 aliphatic heterocycles. The molecule has 0 amide bonds. The van der Waals surface area contributed by atoms with E-state index in [4.69, 9.17) is 28.9 Å². The van der Waals surface area contributed by atoms with E-state index in [-0.39, 0.29) is 0 Å². The van der Waals surface area contributed by atoms with Gasteiger partial charge in [-0.25, -0.2) is 0 Å². The molecule has 0 aromatic rings. The van der Waals surface area contributed by atoms with Gasteiger partial charge in [0.2, 0.25) is 0 Å². The fraction of sp³-hybridized carbons (Fsp3) is 0.571. The van der Waals surface area contributed by atoms with Crippen LogP contribution in [0.2, 0.25) is 0 Å². The van der Waals surface area contributed by atoms with Crippen LogP contribution >= 0.6 is 23.2 Å². The first-order valence-electron chi connectivity index (χ1n) is 6.15. The smallest absolute Gasteiger partial charge is 0.0545 e. The average molecular weight is 274 g/mol. The summed E-state index contributed by atoms with van der Waals surface area (Å²) in [6.07, 6.45) is 8.82. The van der Waals surface area contributed by atoms with Gasteiger partial charge in [0.25, 0.3) is 0 Å². The Kier molecular flexibility index (Phi) is 6.32. The van der Waals surface area contributed by atoms with Crippen molar-refractivity contribution in [3.8, 4) is 0 Å². The highest BCUT2D eigenvalue weighted by atomic mass is 35.5. The van der Waals surface area contributed by atoms with Crippen LogP contribution in [0.25, 0.3) is 0 Å². The summed E-state index contributed by atoms with van der Waals surface area (Å²) in [4.78, 5) is 0. The number of nitrogens with two attached hydrogens (primary N) is 1. The van der Waals surface area contributed by atoms with Gasteiger partial charge in [0.15, 0.2) is 0 Å². The zero-order valence-corrected chi connectivity index (χ0v) is 12.1. The van der Waals surface area contributed by atoms with Crippen molar-refractivity contribution in [1.82, 2.24) is 0 Å². The fourth-order valence-electron chi connectivity index (χ4n) is 1.96. The molecule has 0 bridgehead atoms. The molecule has 1 fully saturated rings. The summed E-state index contributed by atoms with van der Waals surface area (Å²) in [5, 5.41) is 1.24. The van der Waals surface area contributed by atoms with E-state index in [0.717, 1.165) is 6.42 Å². The first kappa shape index (κ1) is 14.8. The van der Waals surface area contributed by atoms with Crippen LogP contribution in [0, 0.1) is 5.92 Å². The largest absolute Gasteiger partial charge is 0.330 e. The molecule has 0 spiro atoms. The summed E-state index contributed by atoms with van der Waals surface area (Å²) in [6.45, 7) is 4.70. The van der Waals surface area contributed by atoms with Crippen molar-refractivity contribution in [1.29, 1.82) is 0 Å². The average Bonchev–Trinajstić information content (AvgIpc) is 2.20. The maximum absolute atomic E-state index is 6.01. The second-order valence-corrected chi connectivity index (χ2v) is 5.54. The van der Waals surface area contributed by atoms with Crippen LogP contribution in [0.4, 0.5) is 0 Å². The van der Waals surface area contributed by atoms with E-state index in [0.29, 0.717) is 22.5 Å². The van der Waals surface area contributed by atoms with Crippen LogP contribution < -0.4 is 5.73 Å². The molecule has 0 heterocycles. The molecule has 1 atom stereocenters. The van der Waals surface area contributed by atoms with Crippen LogP contribution in [0.3, 0.4) is 0 Å². The molecule has 0 saturated heterocycles. The van der Waals surface area contributed by atoms with Crippen LogP contribution in [0.1, 0.15) is 39.5 Å². The fourth-order valence-corrected chi connectivity index (χ4v) is 2.10. The first-order chi connectivity index (χ1) is 8.06. The Morgan fingerprint density at radius 1 is 1.35 bits per heavy atom. The van der Waals surface area contributed by atoms with Gasteiger partial charge in [0.05, 0.1) is 5.03 Å². The number of halogens is 2. The Bertz CT molecular complexity index is 343. The predicted molar refractivity (Wildman–Crippen MR) is 77.3 cm³/mol. The molecule has 1 saturated carbocycles. The number of allylic oxidation sites excluding steroid dienone is 6. The summed E-state index contributed by atoms with van der Waals surface area (Å²) >= 11 is 11.8. The Morgan fingerprint density at radius 3 is 2.41 bits per heavy atom. The molecule has 3 heteroatoms. The molecule has 0 aromatic heterocycles. The van der Waals surface area contributed by atoms with E-state index >= 15 is 0 Å². The maximum atomic E-state index is 6.01. The van der Waals surface area contributed by atoms with Gasteiger partial charge in [0.1, 0.15) is 0 Å². The highest BCUT2D eigenvalue weighted by molar-refractivity contribution is 6.39. The molecular weight excluding hydrogens is 253 g/mol. The third-order valence-corrected chi connectivity index (χ3v) is 4.06. The van der Waals surface area contributed by atoms with Gasteiger partial charge in [-0.1, -0.05) is 40.4 Å². The highest BCUT2D eigenvalue weighted by Crippen LogP contribution is 2.33. The minimum atomic E-state index is 0.403. The molecule has 2 N–H and O–H groups in total. The summed E-state index contributed by atoms with van der Waals surface area (Å²) in [5.41, 5.74) is 8.73. The quantitative estimate of drug-likeness (QED) is 0.570. The van der Waals surface area contributed by atoms with Gasteiger partial charge < -0.3 is 5.73 Å². The van der Waals surface area contributed by atoms with Crippen molar-refractivity contribution >= 4 is 23.2 Å². The van der Waals surface area contributed by atoms with E-state index in [9.17, 15) is 0 Å². The van der Waals surface area contributed by atoms with Crippen molar-refractivity contribution in [2.75, 3.05) is 6.54 Å². The number of hydrogen-bond donors (Lipinski definition) is 1. The maximum Gasteiger partial charge on any atom is 0.0545 e. The zero-order chi connectivity index (χ0) is 12.8. The van der Waals surface area contributed by atoms with Crippen molar-refractivity contribution in [3.05, 3.63) is 33.4 Å². The molecule has 96 valence electrons. The van der Waals surface area contributed by atoms with Crippen molar-refractivity contribution in [3.63, 3.8) is 0 Å². The van der Waals surface area contributed by atoms with Crippen LogP contribution in [0.15, 0.2) is 33.4 Å². The van der Waals surface area contributed by atoms with Crippen molar-refractivity contribution in [2.45, 2.75) is 39.5 Å².